The molecule has 0 bridgehead atoms. The Bertz CT molecular complexity index is 518. The first kappa shape index (κ1) is 14.5. The first-order valence-corrected chi connectivity index (χ1v) is 7.52. The molecule has 0 radical (unpaired) electrons. The molecule has 21 heavy (non-hydrogen) atoms. The number of likely N-dealkylation sites (N-methyl/N-ethyl adjacent to an activating group) is 1. The molecule has 1 aromatic heterocycles. The molecular weight excluding hydrogens is 266 g/mol. The highest BCUT2D eigenvalue weighted by Gasteiger charge is 2.60. The monoisotopic (exact) mass is 289 g/mol. The van der Waals surface area contributed by atoms with E-state index < -0.39 is 0 Å². The molecule has 2 fully saturated rings. The van der Waals surface area contributed by atoms with Gasteiger partial charge in [-0.2, -0.15) is 0 Å². The van der Waals surface area contributed by atoms with Crippen LogP contribution < -0.4 is 5.32 Å². The van der Waals surface area contributed by atoms with Gasteiger partial charge in [-0.25, -0.2) is 0 Å². The highest BCUT2D eigenvalue weighted by Crippen LogP contribution is 2.54. The van der Waals surface area contributed by atoms with Gasteiger partial charge in [0, 0.05) is 30.2 Å². The third-order valence-electron chi connectivity index (χ3n) is 4.85. The molecule has 0 spiro atoms. The number of aromatic nitrogens is 1. The van der Waals surface area contributed by atoms with Crippen molar-refractivity contribution < 1.29 is 9.53 Å². The zero-order valence-electron chi connectivity index (χ0n) is 12.9. The van der Waals surface area contributed by atoms with Gasteiger partial charge in [-0.3, -0.25) is 14.7 Å². The maximum Gasteiger partial charge on any atom is 0.238 e. The second-order valence-corrected chi connectivity index (χ2v) is 6.72. The van der Waals surface area contributed by atoms with Gasteiger partial charge in [0.1, 0.15) is 0 Å². The minimum absolute atomic E-state index is 0.00339. The highest BCUT2D eigenvalue weighted by molar-refractivity contribution is 5.92. The highest BCUT2D eigenvalue weighted by atomic mass is 16.5. The van der Waals surface area contributed by atoms with Crippen molar-refractivity contribution in [3.63, 3.8) is 0 Å². The zero-order chi connectivity index (χ0) is 15.0. The molecule has 1 saturated heterocycles. The predicted molar refractivity (Wildman–Crippen MR) is 80.9 cm³/mol. The molecule has 2 aliphatic rings. The van der Waals surface area contributed by atoms with Crippen molar-refractivity contribution in [1.29, 1.82) is 0 Å². The van der Waals surface area contributed by atoms with Crippen LogP contribution in [0.15, 0.2) is 24.5 Å². The van der Waals surface area contributed by atoms with Crippen LogP contribution >= 0.6 is 0 Å². The van der Waals surface area contributed by atoms with Crippen molar-refractivity contribution in [3.8, 4) is 0 Å². The summed E-state index contributed by atoms with van der Waals surface area (Å²) >= 11 is 0. The van der Waals surface area contributed by atoms with Gasteiger partial charge in [0.05, 0.1) is 24.5 Å². The van der Waals surface area contributed by atoms with Crippen LogP contribution in [0.1, 0.15) is 20.3 Å². The molecule has 3 rings (SSSR count). The Morgan fingerprint density at radius 2 is 2.38 bits per heavy atom. The number of fused-ring (bicyclic) bond motifs is 1. The Morgan fingerprint density at radius 3 is 3.10 bits per heavy atom. The van der Waals surface area contributed by atoms with Crippen molar-refractivity contribution in [3.05, 3.63) is 24.5 Å². The van der Waals surface area contributed by atoms with E-state index in [4.69, 9.17) is 4.74 Å². The summed E-state index contributed by atoms with van der Waals surface area (Å²) in [6.45, 7) is 5.72. The molecule has 1 amide bonds. The standard InChI is InChI=1S/C16H23N3O2/c1-16(2)14(12-6-8-21-15(12)16)19(3)10-13(20)18-11-5-4-7-17-9-11/h4-5,7,9,12,14-15H,6,8,10H2,1-3H3,(H,18,20)/t12-,14-,15+/m1/s1. The fourth-order valence-electron chi connectivity index (χ4n) is 4.15. The Labute approximate surface area is 125 Å². The second kappa shape index (κ2) is 5.39. The van der Waals surface area contributed by atoms with Crippen LogP contribution in [0.3, 0.4) is 0 Å². The molecular formula is C16H23N3O2. The molecule has 1 aromatic rings. The van der Waals surface area contributed by atoms with Gasteiger partial charge in [-0.1, -0.05) is 13.8 Å². The minimum atomic E-state index is 0.00339. The van der Waals surface area contributed by atoms with E-state index >= 15 is 0 Å². The SMILES string of the molecule is CN(CC(=O)Nc1cccnc1)[C@@H]1[C@H]2CCO[C@@H]2C1(C)C. The van der Waals surface area contributed by atoms with Crippen LogP contribution in [-0.2, 0) is 9.53 Å². The molecule has 1 N–H and O–H groups in total. The summed E-state index contributed by atoms with van der Waals surface area (Å²) in [6, 6.07) is 4.07. The van der Waals surface area contributed by atoms with E-state index in [1.165, 1.54) is 0 Å². The van der Waals surface area contributed by atoms with Gasteiger partial charge in [0.25, 0.3) is 0 Å². The van der Waals surface area contributed by atoms with Gasteiger partial charge in [0.2, 0.25) is 5.91 Å². The van der Waals surface area contributed by atoms with Gasteiger partial charge in [-0.05, 0) is 25.6 Å². The number of pyridine rings is 1. The maximum atomic E-state index is 12.2. The van der Waals surface area contributed by atoms with Crippen LogP contribution in [0.2, 0.25) is 0 Å². The van der Waals surface area contributed by atoms with E-state index in [1.54, 1.807) is 12.4 Å². The lowest BCUT2D eigenvalue weighted by Gasteiger charge is -2.57. The summed E-state index contributed by atoms with van der Waals surface area (Å²) in [5.41, 5.74) is 0.857. The van der Waals surface area contributed by atoms with Gasteiger partial charge in [-0.15, -0.1) is 0 Å². The molecule has 114 valence electrons. The average molecular weight is 289 g/mol. The molecule has 0 unspecified atom stereocenters. The summed E-state index contributed by atoms with van der Waals surface area (Å²) in [5, 5.41) is 2.89. The number of rotatable bonds is 4. The lowest BCUT2D eigenvalue weighted by Crippen LogP contribution is -2.66. The average Bonchev–Trinajstić information content (AvgIpc) is 2.85. The third kappa shape index (κ3) is 2.56. The largest absolute Gasteiger partial charge is 0.377 e. The van der Waals surface area contributed by atoms with E-state index in [0.29, 0.717) is 24.6 Å². The van der Waals surface area contributed by atoms with Crippen LogP contribution in [0.25, 0.3) is 0 Å². The number of nitrogens with zero attached hydrogens (tertiary/aromatic N) is 2. The van der Waals surface area contributed by atoms with Crippen LogP contribution in [0, 0.1) is 11.3 Å². The fraction of sp³-hybridized carbons (Fsp3) is 0.625. The summed E-state index contributed by atoms with van der Waals surface area (Å²) in [5.74, 6) is 0.569. The van der Waals surface area contributed by atoms with Gasteiger partial charge < -0.3 is 10.1 Å². The first-order valence-electron chi connectivity index (χ1n) is 7.52. The maximum absolute atomic E-state index is 12.2. The van der Waals surface area contributed by atoms with Crippen LogP contribution in [0.4, 0.5) is 5.69 Å². The number of amides is 1. The minimum Gasteiger partial charge on any atom is -0.377 e. The Morgan fingerprint density at radius 1 is 1.57 bits per heavy atom. The number of ether oxygens (including phenoxy) is 1. The summed E-state index contributed by atoms with van der Waals surface area (Å²) in [7, 11) is 2.03. The summed E-state index contributed by atoms with van der Waals surface area (Å²) in [6.07, 6.45) is 4.81. The molecule has 5 heteroatoms. The lowest BCUT2D eigenvalue weighted by molar-refractivity contribution is -0.152. The van der Waals surface area contributed by atoms with E-state index in [0.717, 1.165) is 18.7 Å². The molecule has 5 nitrogen and oxygen atoms in total. The third-order valence-corrected chi connectivity index (χ3v) is 4.85. The molecule has 2 heterocycles. The zero-order valence-corrected chi connectivity index (χ0v) is 12.9. The van der Waals surface area contributed by atoms with Crippen molar-refractivity contribution in [2.75, 3.05) is 25.5 Å². The number of carbonyl (C=O) groups excluding carboxylic acids is 1. The Balaban J connectivity index is 1.59. The van der Waals surface area contributed by atoms with E-state index in [-0.39, 0.29) is 11.3 Å². The number of nitrogens with one attached hydrogen (secondary N) is 1. The number of carbonyl (C=O) groups is 1. The molecule has 0 aromatic carbocycles. The molecule has 1 saturated carbocycles. The summed E-state index contributed by atoms with van der Waals surface area (Å²) in [4.78, 5) is 18.3. The molecule has 1 aliphatic heterocycles. The van der Waals surface area contributed by atoms with Crippen molar-refractivity contribution in [1.82, 2.24) is 9.88 Å². The fourth-order valence-corrected chi connectivity index (χ4v) is 4.15. The topological polar surface area (TPSA) is 54.5 Å². The number of anilines is 1. The number of hydrogen-bond donors (Lipinski definition) is 1. The summed E-state index contributed by atoms with van der Waals surface area (Å²) < 4.78 is 5.81. The van der Waals surface area contributed by atoms with E-state index in [1.807, 2.05) is 19.2 Å². The van der Waals surface area contributed by atoms with Crippen LogP contribution in [-0.4, -0.2) is 48.1 Å². The van der Waals surface area contributed by atoms with Crippen molar-refractivity contribution in [2.45, 2.75) is 32.4 Å². The number of hydrogen-bond acceptors (Lipinski definition) is 4. The van der Waals surface area contributed by atoms with E-state index in [2.05, 4.69) is 29.0 Å². The van der Waals surface area contributed by atoms with Gasteiger partial charge >= 0.3 is 0 Å². The quantitative estimate of drug-likeness (QED) is 0.918. The van der Waals surface area contributed by atoms with Crippen molar-refractivity contribution in [2.24, 2.45) is 11.3 Å². The van der Waals surface area contributed by atoms with E-state index in [9.17, 15) is 4.79 Å². The Kier molecular flexibility index (Phi) is 3.71. The second-order valence-electron chi connectivity index (χ2n) is 6.72. The van der Waals surface area contributed by atoms with Crippen LogP contribution in [0.5, 0.6) is 0 Å². The Hall–Kier alpha value is -1.46. The lowest BCUT2D eigenvalue weighted by atomic mass is 9.57. The molecule has 3 atom stereocenters. The van der Waals surface area contributed by atoms with Crippen molar-refractivity contribution >= 4 is 11.6 Å². The molecule has 1 aliphatic carbocycles. The smallest absolute Gasteiger partial charge is 0.238 e. The van der Waals surface area contributed by atoms with Gasteiger partial charge in [0.15, 0.2) is 0 Å². The normalized spacial score (nSPS) is 29.8. The predicted octanol–water partition coefficient (Wildman–Crippen LogP) is 1.77. The first-order chi connectivity index (χ1) is 10.00.